The van der Waals surface area contributed by atoms with Gasteiger partial charge >= 0.3 is 5.97 Å². The van der Waals surface area contributed by atoms with Crippen LogP contribution in [0.25, 0.3) is 0 Å². The van der Waals surface area contributed by atoms with Gasteiger partial charge in [0, 0.05) is 38.9 Å². The Morgan fingerprint density at radius 2 is 2.25 bits per heavy atom. The number of hydrogen-bond donors (Lipinski definition) is 1. The molecule has 1 N–H and O–H groups in total. The standard InChI is InChI=1S/C19H26N4O4S/c1-2-14-17-15(6-3-11-26-12-4-8-20-18(17)24)23(22-14)10-5-13-27-19(25)16-7-9-21-28-16/h7,9H,2-6,8,10-13H2,1H3,(H,20,24). The number of nitrogens with one attached hydrogen (secondary N) is 1. The number of esters is 1. The molecule has 0 radical (unpaired) electrons. The number of aromatic nitrogens is 3. The predicted octanol–water partition coefficient (Wildman–Crippen LogP) is 2.23. The lowest BCUT2D eigenvalue weighted by Crippen LogP contribution is -2.26. The van der Waals surface area contributed by atoms with Crippen LogP contribution in [-0.2, 0) is 28.9 Å². The van der Waals surface area contributed by atoms with E-state index in [1.807, 2.05) is 11.6 Å². The van der Waals surface area contributed by atoms with Crippen molar-refractivity contribution < 1.29 is 19.1 Å². The Balaban J connectivity index is 1.66. The highest BCUT2D eigenvalue weighted by Crippen LogP contribution is 2.19. The third-order valence-electron chi connectivity index (χ3n) is 4.53. The third kappa shape index (κ3) is 5.17. The molecule has 0 aliphatic carbocycles. The molecule has 0 spiro atoms. The molecule has 0 saturated heterocycles. The van der Waals surface area contributed by atoms with Crippen molar-refractivity contribution in [3.8, 4) is 0 Å². The lowest BCUT2D eigenvalue weighted by atomic mass is 10.1. The van der Waals surface area contributed by atoms with Gasteiger partial charge in [0.2, 0.25) is 0 Å². The zero-order valence-electron chi connectivity index (χ0n) is 16.1. The van der Waals surface area contributed by atoms with E-state index in [1.54, 1.807) is 12.3 Å². The van der Waals surface area contributed by atoms with Crippen LogP contribution in [0.1, 0.15) is 57.6 Å². The fourth-order valence-corrected chi connectivity index (χ4v) is 3.67. The van der Waals surface area contributed by atoms with Crippen LogP contribution in [0.4, 0.5) is 0 Å². The van der Waals surface area contributed by atoms with E-state index < -0.39 is 0 Å². The minimum absolute atomic E-state index is 0.0587. The maximum atomic E-state index is 12.7. The van der Waals surface area contributed by atoms with Gasteiger partial charge in [-0.3, -0.25) is 9.48 Å². The van der Waals surface area contributed by atoms with Crippen molar-refractivity contribution in [2.75, 3.05) is 26.4 Å². The van der Waals surface area contributed by atoms with Crippen molar-refractivity contribution >= 4 is 23.4 Å². The number of nitrogens with zero attached hydrogens (tertiary/aromatic N) is 3. The predicted molar refractivity (Wildman–Crippen MR) is 105 cm³/mol. The van der Waals surface area contributed by atoms with Crippen LogP contribution in [0.2, 0.25) is 0 Å². The molecule has 0 aromatic carbocycles. The molecule has 152 valence electrons. The third-order valence-corrected chi connectivity index (χ3v) is 5.26. The highest BCUT2D eigenvalue weighted by Gasteiger charge is 2.22. The molecule has 2 aromatic heterocycles. The molecule has 3 heterocycles. The number of aryl methyl sites for hydroxylation is 2. The number of hydrogen-bond acceptors (Lipinski definition) is 7. The highest BCUT2D eigenvalue weighted by atomic mass is 32.1. The van der Waals surface area contributed by atoms with Crippen molar-refractivity contribution in [1.82, 2.24) is 19.5 Å². The number of carbonyl (C=O) groups excluding carboxylic acids is 2. The average molecular weight is 407 g/mol. The summed E-state index contributed by atoms with van der Waals surface area (Å²) in [5.74, 6) is -0.412. The molecule has 28 heavy (non-hydrogen) atoms. The molecule has 9 heteroatoms. The van der Waals surface area contributed by atoms with Gasteiger partial charge in [0.05, 0.1) is 23.6 Å². The molecule has 0 bridgehead atoms. The Labute approximate surface area is 168 Å². The van der Waals surface area contributed by atoms with Gasteiger partial charge in [-0.05, 0) is 43.3 Å². The van der Waals surface area contributed by atoms with Crippen molar-refractivity contribution in [2.45, 2.75) is 45.6 Å². The Kier molecular flexibility index (Phi) is 7.55. The smallest absolute Gasteiger partial charge is 0.349 e. The molecule has 0 saturated carbocycles. The molecule has 2 aromatic rings. The molecule has 3 rings (SSSR count). The van der Waals surface area contributed by atoms with Crippen LogP contribution in [-0.4, -0.2) is 52.4 Å². The van der Waals surface area contributed by atoms with Gasteiger partial charge in [-0.1, -0.05) is 6.92 Å². The normalized spacial score (nSPS) is 15.4. The molecule has 0 fully saturated rings. The Hall–Kier alpha value is -2.26. The van der Waals surface area contributed by atoms with Crippen LogP contribution < -0.4 is 5.32 Å². The number of carbonyl (C=O) groups is 2. The van der Waals surface area contributed by atoms with Gasteiger partial charge in [-0.25, -0.2) is 9.17 Å². The molecule has 0 unspecified atom stereocenters. The summed E-state index contributed by atoms with van der Waals surface area (Å²) in [5.41, 5.74) is 2.45. The Bertz CT molecular complexity index is 788. The van der Waals surface area contributed by atoms with Gasteiger partial charge < -0.3 is 14.8 Å². The summed E-state index contributed by atoms with van der Waals surface area (Å²) < 4.78 is 16.7. The molecule has 8 nitrogen and oxygen atoms in total. The molecule has 0 atom stereocenters. The molecular formula is C19H26N4O4S. The van der Waals surface area contributed by atoms with E-state index in [0.29, 0.717) is 56.2 Å². The van der Waals surface area contributed by atoms with E-state index in [4.69, 9.17) is 9.47 Å². The van der Waals surface area contributed by atoms with Crippen LogP contribution in [0.5, 0.6) is 0 Å². The second-order valence-corrected chi connectivity index (χ2v) is 7.37. The van der Waals surface area contributed by atoms with Crippen molar-refractivity contribution in [1.29, 1.82) is 0 Å². The number of amides is 1. The Morgan fingerprint density at radius 3 is 3.04 bits per heavy atom. The molecule has 1 aliphatic heterocycles. The zero-order chi connectivity index (χ0) is 19.8. The first-order chi connectivity index (χ1) is 13.7. The van der Waals surface area contributed by atoms with Gasteiger partial charge in [-0.15, -0.1) is 0 Å². The van der Waals surface area contributed by atoms with Crippen LogP contribution in [0.15, 0.2) is 12.3 Å². The fraction of sp³-hybridized carbons (Fsp3) is 0.579. The van der Waals surface area contributed by atoms with E-state index in [0.717, 1.165) is 42.2 Å². The summed E-state index contributed by atoms with van der Waals surface area (Å²) in [4.78, 5) is 25.1. The van der Waals surface area contributed by atoms with Gasteiger partial charge in [0.1, 0.15) is 4.88 Å². The largest absolute Gasteiger partial charge is 0.461 e. The van der Waals surface area contributed by atoms with E-state index >= 15 is 0 Å². The summed E-state index contributed by atoms with van der Waals surface area (Å²) in [6.45, 7) is 4.82. The molecule has 1 aliphatic rings. The zero-order valence-corrected chi connectivity index (χ0v) is 16.9. The lowest BCUT2D eigenvalue weighted by Gasteiger charge is -2.10. The van der Waals surface area contributed by atoms with Gasteiger partial charge in [0.15, 0.2) is 0 Å². The topological polar surface area (TPSA) is 95.3 Å². The number of ether oxygens (including phenoxy) is 2. The molecular weight excluding hydrogens is 380 g/mol. The molecule has 1 amide bonds. The second-order valence-electron chi connectivity index (χ2n) is 6.54. The number of fused-ring (bicyclic) bond motifs is 1. The Morgan fingerprint density at radius 1 is 1.39 bits per heavy atom. The summed E-state index contributed by atoms with van der Waals surface area (Å²) in [6.07, 6.45) is 5.28. The van der Waals surface area contributed by atoms with Crippen molar-refractivity contribution in [3.05, 3.63) is 34.1 Å². The summed E-state index contributed by atoms with van der Waals surface area (Å²) in [5, 5.41) is 7.64. The van der Waals surface area contributed by atoms with Crippen LogP contribution >= 0.6 is 11.5 Å². The minimum Gasteiger partial charge on any atom is -0.461 e. The van der Waals surface area contributed by atoms with E-state index in [2.05, 4.69) is 14.8 Å². The van der Waals surface area contributed by atoms with Crippen molar-refractivity contribution in [2.24, 2.45) is 0 Å². The minimum atomic E-state index is -0.354. The monoisotopic (exact) mass is 406 g/mol. The van der Waals surface area contributed by atoms with Gasteiger partial charge in [-0.2, -0.15) is 5.10 Å². The highest BCUT2D eigenvalue weighted by molar-refractivity contribution is 7.07. The maximum Gasteiger partial charge on any atom is 0.349 e. The SMILES string of the molecule is CCc1nn(CCCOC(=O)c2ccns2)c2c1C(=O)NCCCOCCC2. The van der Waals surface area contributed by atoms with E-state index in [9.17, 15) is 9.59 Å². The first-order valence-electron chi connectivity index (χ1n) is 9.73. The quantitative estimate of drug-likeness (QED) is 0.584. The first kappa shape index (κ1) is 20.5. The summed E-state index contributed by atoms with van der Waals surface area (Å²) in [6, 6.07) is 1.64. The average Bonchev–Trinajstić information content (AvgIpc) is 3.34. The van der Waals surface area contributed by atoms with Crippen LogP contribution in [0.3, 0.4) is 0 Å². The first-order valence-corrected chi connectivity index (χ1v) is 10.5. The maximum absolute atomic E-state index is 12.7. The van der Waals surface area contributed by atoms with E-state index in [-0.39, 0.29) is 11.9 Å². The van der Waals surface area contributed by atoms with E-state index in [1.165, 1.54) is 0 Å². The number of rotatable bonds is 6. The van der Waals surface area contributed by atoms with Crippen LogP contribution in [0, 0.1) is 0 Å². The second kappa shape index (κ2) is 10.3. The van der Waals surface area contributed by atoms with Crippen molar-refractivity contribution in [3.63, 3.8) is 0 Å². The summed E-state index contributed by atoms with van der Waals surface area (Å²) >= 11 is 1.12. The summed E-state index contributed by atoms with van der Waals surface area (Å²) in [7, 11) is 0. The fourth-order valence-electron chi connectivity index (χ4n) is 3.18. The van der Waals surface area contributed by atoms with Gasteiger partial charge in [0.25, 0.3) is 5.91 Å². The lowest BCUT2D eigenvalue weighted by molar-refractivity contribution is 0.0500.